The molecule has 1 atom stereocenters. The van der Waals surface area contributed by atoms with Crippen molar-refractivity contribution in [3.63, 3.8) is 0 Å². The summed E-state index contributed by atoms with van der Waals surface area (Å²) in [6.07, 6.45) is 8.16. The van der Waals surface area contributed by atoms with Gasteiger partial charge in [0.15, 0.2) is 0 Å². The van der Waals surface area contributed by atoms with Gasteiger partial charge in [0.05, 0.1) is 44.7 Å². The lowest BCUT2D eigenvalue weighted by Gasteiger charge is -2.39. The molecular formula is C63H52Cl6N4O3. The van der Waals surface area contributed by atoms with Gasteiger partial charge in [0.25, 0.3) is 0 Å². The fourth-order valence-corrected chi connectivity index (χ4v) is 12.5. The maximum absolute atomic E-state index is 14.0. The first-order valence-electron chi connectivity index (χ1n) is 24.9. The molecule has 7 nitrogen and oxygen atoms in total. The summed E-state index contributed by atoms with van der Waals surface area (Å²) in [4.78, 5) is 27.0. The van der Waals surface area contributed by atoms with E-state index in [2.05, 4.69) is 101 Å². The molecule has 0 radical (unpaired) electrons. The Morgan fingerprint density at radius 1 is 0.605 bits per heavy atom. The van der Waals surface area contributed by atoms with Crippen molar-refractivity contribution >= 4 is 104 Å². The molecule has 1 unspecified atom stereocenters. The molecule has 4 aliphatic rings. The Bertz CT molecular complexity index is 3900. The summed E-state index contributed by atoms with van der Waals surface area (Å²) in [7, 11) is 1.40. The Morgan fingerprint density at radius 3 is 1.71 bits per heavy atom. The number of aromatic nitrogens is 2. The molecule has 0 spiro atoms. The first kappa shape index (κ1) is 51.9. The van der Waals surface area contributed by atoms with Crippen LogP contribution in [0.25, 0.3) is 22.3 Å². The third-order valence-electron chi connectivity index (χ3n) is 14.8. The van der Waals surface area contributed by atoms with Crippen LogP contribution < -0.4 is 20.8 Å². The summed E-state index contributed by atoms with van der Waals surface area (Å²) >= 11 is 43.0. The lowest BCUT2D eigenvalue weighted by Crippen LogP contribution is -2.31. The van der Waals surface area contributed by atoms with Gasteiger partial charge >= 0.3 is 5.97 Å². The van der Waals surface area contributed by atoms with Gasteiger partial charge < -0.3 is 24.8 Å². The number of nitrogens with one attached hydrogen (secondary N) is 3. The molecule has 0 fully saturated rings. The van der Waals surface area contributed by atoms with Crippen LogP contribution in [0.5, 0.6) is 11.5 Å². The highest BCUT2D eigenvalue weighted by Gasteiger charge is 2.42. The highest BCUT2D eigenvalue weighted by atomic mass is 35.5. The topological polar surface area (TPSA) is 91.5 Å². The number of carbonyl (C=O) groups is 1. The fraction of sp³-hybridized carbons (Fsp3) is 0.206. The molecule has 13 heteroatoms. The molecule has 4 aliphatic heterocycles. The summed E-state index contributed by atoms with van der Waals surface area (Å²) in [6, 6.07) is 32.4. The number of halogens is 6. The average molecular weight is 1130 g/mol. The SMILES string of the molecule is COC(=O)c1cc(C(C)(C)C)cc2c1Oc1c(/C3=C4\C=CC(N4)/C(c4c(Cl)cccc4Cl)=c4/cc/c([nH]4)=C(\c4c(Cl)cccc4Cl)c4ccc([nH]4)/C(c4c(Cl)cccc4Cl)=C4/C=CC3=N4)cc(C(C)(C)C)cc1C2(C)C. The molecular weight excluding hydrogens is 1070 g/mol. The lowest BCUT2D eigenvalue weighted by atomic mass is 9.70. The minimum absolute atomic E-state index is 0.289. The number of aromatic amines is 2. The number of ether oxygens (including phenoxy) is 2. The van der Waals surface area contributed by atoms with Gasteiger partial charge in [-0.15, -0.1) is 0 Å². The first-order valence-corrected chi connectivity index (χ1v) is 27.1. The van der Waals surface area contributed by atoms with Crippen molar-refractivity contribution in [3.05, 3.63) is 241 Å². The number of benzene rings is 5. The van der Waals surface area contributed by atoms with E-state index in [-0.39, 0.29) is 10.8 Å². The number of hydrogen-bond donors (Lipinski definition) is 3. The number of H-pyrrole nitrogens is 2. The Hall–Kier alpha value is -6.16. The second kappa shape index (κ2) is 19.1. The number of methoxy groups -OCH3 is 1. The van der Waals surface area contributed by atoms with Crippen LogP contribution in [0.1, 0.15) is 122 Å². The third kappa shape index (κ3) is 8.78. The van der Waals surface area contributed by atoms with E-state index in [1.165, 1.54) is 7.11 Å². The van der Waals surface area contributed by atoms with Crippen molar-refractivity contribution < 1.29 is 14.3 Å². The Labute approximate surface area is 472 Å². The molecule has 2 aromatic heterocycles. The van der Waals surface area contributed by atoms with Gasteiger partial charge in [0, 0.05) is 98.9 Å². The van der Waals surface area contributed by atoms with Crippen molar-refractivity contribution in [1.82, 2.24) is 15.3 Å². The highest BCUT2D eigenvalue weighted by molar-refractivity contribution is 6.40. The summed E-state index contributed by atoms with van der Waals surface area (Å²) in [6.45, 7) is 17.4. The van der Waals surface area contributed by atoms with Crippen LogP contribution in [0.4, 0.5) is 0 Å². The largest absolute Gasteiger partial charge is 0.465 e. The van der Waals surface area contributed by atoms with Gasteiger partial charge in [-0.05, 0) is 113 Å². The van der Waals surface area contributed by atoms with E-state index >= 15 is 0 Å². The van der Waals surface area contributed by atoms with E-state index in [0.717, 1.165) is 50.0 Å². The zero-order chi connectivity index (χ0) is 53.9. The summed E-state index contributed by atoms with van der Waals surface area (Å²) in [5.41, 5.74) is 11.8. The molecule has 384 valence electrons. The average Bonchev–Trinajstić information content (AvgIpc) is 4.23. The van der Waals surface area contributed by atoms with E-state index < -0.39 is 17.4 Å². The van der Waals surface area contributed by atoms with Crippen molar-refractivity contribution in [2.75, 3.05) is 7.11 Å². The molecule has 8 bridgehead atoms. The normalized spacial score (nSPS) is 20.0. The maximum atomic E-state index is 14.0. The van der Waals surface area contributed by atoms with Crippen LogP contribution in [-0.2, 0) is 21.0 Å². The predicted octanol–water partition coefficient (Wildman–Crippen LogP) is 16.2. The number of fused-ring (bicyclic) bond motifs is 9. The van der Waals surface area contributed by atoms with E-state index in [1.807, 2.05) is 97.1 Å². The monoisotopic (exact) mass is 1120 g/mol. The number of hydrogen-bond acceptors (Lipinski definition) is 5. The summed E-state index contributed by atoms with van der Waals surface area (Å²) < 4.78 is 12.8. The smallest absolute Gasteiger partial charge is 0.341 e. The van der Waals surface area contributed by atoms with Gasteiger partial charge in [-0.25, -0.2) is 9.79 Å². The standard InChI is InChI=1S/C63H52Cl6N4O3/c1-61(2,3)31-27-33(58-35(29-31)63(7,8)36-30-32(62(4,5)6)28-34(59(36)76-58)60(74)75-9)51-43-19-21-45(70-43)55(52-37(64)13-10-14-38(52)65)47-23-25-49(72-47)57(54-41(68)17-12-18-42(54)69)50-26-24-48(73-50)56(46-22-20-44(51)71-46)53-39(66)15-11-16-40(53)67/h10-30,45,70,72-73H,1-9H3/b51-43-,55-47+,56-46+,57-49+. The second-order valence-corrected chi connectivity index (χ2v) is 24.5. The number of nitrogens with zero attached hydrogens (tertiary/aromatic N) is 1. The Balaban J connectivity index is 1.27. The third-order valence-corrected chi connectivity index (χ3v) is 16.7. The maximum Gasteiger partial charge on any atom is 0.341 e. The number of esters is 1. The van der Waals surface area contributed by atoms with Crippen LogP contribution >= 0.6 is 69.6 Å². The number of rotatable bonds is 5. The van der Waals surface area contributed by atoms with Gasteiger partial charge in [-0.3, -0.25) is 0 Å². The minimum atomic E-state index is -0.678. The molecule has 7 aromatic rings. The molecule has 76 heavy (non-hydrogen) atoms. The van der Waals surface area contributed by atoms with Crippen LogP contribution in [0, 0.1) is 0 Å². The van der Waals surface area contributed by atoms with Crippen LogP contribution in [0.15, 0.2) is 144 Å². The van der Waals surface area contributed by atoms with Crippen molar-refractivity contribution in [2.24, 2.45) is 4.99 Å². The highest BCUT2D eigenvalue weighted by Crippen LogP contribution is 2.55. The van der Waals surface area contributed by atoms with Gasteiger partial charge in [-0.2, -0.15) is 0 Å². The molecule has 5 aromatic carbocycles. The van der Waals surface area contributed by atoms with E-state index in [4.69, 9.17) is 84.1 Å². The zero-order valence-electron chi connectivity index (χ0n) is 43.1. The van der Waals surface area contributed by atoms with Crippen LogP contribution in [0.3, 0.4) is 0 Å². The van der Waals surface area contributed by atoms with Gasteiger partial charge in [0.1, 0.15) is 17.1 Å². The summed E-state index contributed by atoms with van der Waals surface area (Å²) in [5, 5.41) is 8.09. The molecule has 0 amide bonds. The van der Waals surface area contributed by atoms with E-state index in [0.29, 0.717) is 103 Å². The molecule has 0 saturated heterocycles. The van der Waals surface area contributed by atoms with E-state index in [1.54, 1.807) is 0 Å². The molecule has 6 heterocycles. The molecule has 0 aliphatic carbocycles. The van der Waals surface area contributed by atoms with Crippen molar-refractivity contribution in [1.29, 1.82) is 0 Å². The zero-order valence-corrected chi connectivity index (χ0v) is 47.7. The summed E-state index contributed by atoms with van der Waals surface area (Å²) in [5.74, 6) is 0.534. The van der Waals surface area contributed by atoms with Gasteiger partial charge in [0.2, 0.25) is 0 Å². The Kier molecular flexibility index (Phi) is 13.0. The number of carbonyl (C=O) groups excluding carboxylic acids is 1. The fourth-order valence-electron chi connectivity index (χ4n) is 10.7. The lowest BCUT2D eigenvalue weighted by molar-refractivity contribution is 0.0597. The van der Waals surface area contributed by atoms with Gasteiger partial charge in [-0.1, -0.05) is 161 Å². The molecule has 3 N–H and O–H groups in total. The second-order valence-electron chi connectivity index (χ2n) is 22.0. The number of aliphatic imine (C=N–C) groups is 1. The first-order chi connectivity index (χ1) is 36.0. The van der Waals surface area contributed by atoms with Crippen LogP contribution in [-0.4, -0.2) is 34.8 Å². The Morgan fingerprint density at radius 2 is 1.13 bits per heavy atom. The van der Waals surface area contributed by atoms with Crippen LogP contribution in [0.2, 0.25) is 30.1 Å². The van der Waals surface area contributed by atoms with E-state index in [9.17, 15) is 4.79 Å². The van der Waals surface area contributed by atoms with Crippen molar-refractivity contribution in [2.45, 2.75) is 77.7 Å². The molecule has 11 rings (SSSR count). The molecule has 0 saturated carbocycles. The predicted molar refractivity (Wildman–Crippen MR) is 314 cm³/mol. The number of allylic oxidation sites excluding steroid dienone is 4. The minimum Gasteiger partial charge on any atom is -0.465 e. The quantitative estimate of drug-likeness (QED) is 0.150. The van der Waals surface area contributed by atoms with Crippen molar-refractivity contribution in [3.8, 4) is 11.5 Å².